The molecule has 166 valence electrons. The molecular formula is C26H28N2O3S. The van der Waals surface area contributed by atoms with Crippen molar-refractivity contribution in [2.75, 3.05) is 16.6 Å². The van der Waals surface area contributed by atoms with Gasteiger partial charge in [0, 0.05) is 12.1 Å². The first-order valence-electron chi connectivity index (χ1n) is 10.9. The first-order chi connectivity index (χ1) is 15.4. The van der Waals surface area contributed by atoms with E-state index in [9.17, 15) is 13.2 Å². The number of carbonyl (C=O) groups is 1. The van der Waals surface area contributed by atoms with Crippen molar-refractivity contribution in [3.05, 3.63) is 101 Å². The minimum atomic E-state index is -3.35. The van der Waals surface area contributed by atoms with E-state index in [1.54, 1.807) is 12.1 Å². The number of sulfonamides is 1. The molecule has 0 saturated carbocycles. The maximum absolute atomic E-state index is 13.3. The molecule has 3 aromatic rings. The lowest BCUT2D eigenvalue weighted by atomic mass is 9.94. The molecule has 1 aliphatic heterocycles. The summed E-state index contributed by atoms with van der Waals surface area (Å²) in [7, 11) is -3.35. The van der Waals surface area contributed by atoms with E-state index < -0.39 is 10.0 Å². The van der Waals surface area contributed by atoms with Crippen LogP contribution in [0.2, 0.25) is 0 Å². The van der Waals surface area contributed by atoms with Gasteiger partial charge in [0.25, 0.3) is 5.91 Å². The Morgan fingerprint density at radius 1 is 0.906 bits per heavy atom. The molecular weight excluding hydrogens is 420 g/mol. The van der Waals surface area contributed by atoms with E-state index in [1.807, 2.05) is 74.5 Å². The number of hydrogen-bond donors (Lipinski definition) is 1. The summed E-state index contributed by atoms with van der Waals surface area (Å²) in [5, 5.41) is 3.17. The smallest absolute Gasteiger partial charge is 0.252 e. The van der Waals surface area contributed by atoms with Crippen molar-refractivity contribution in [3.8, 4) is 0 Å². The van der Waals surface area contributed by atoms with Gasteiger partial charge < -0.3 is 5.32 Å². The second-order valence-corrected chi connectivity index (χ2v) is 10.3. The van der Waals surface area contributed by atoms with Crippen LogP contribution in [-0.4, -0.2) is 26.6 Å². The summed E-state index contributed by atoms with van der Waals surface area (Å²) in [4.78, 5) is 13.3. The minimum Gasteiger partial charge on any atom is -0.341 e. The topological polar surface area (TPSA) is 66.5 Å². The van der Waals surface area contributed by atoms with Crippen molar-refractivity contribution >= 4 is 21.6 Å². The van der Waals surface area contributed by atoms with Crippen molar-refractivity contribution in [1.29, 1.82) is 0 Å². The number of rotatable bonds is 5. The highest BCUT2D eigenvalue weighted by molar-refractivity contribution is 7.92. The number of hydrogen-bond acceptors (Lipinski definition) is 3. The van der Waals surface area contributed by atoms with Gasteiger partial charge in [-0.05, 0) is 61.1 Å². The minimum absolute atomic E-state index is 0.145. The molecule has 1 heterocycles. The predicted octanol–water partition coefficient (Wildman–Crippen LogP) is 4.75. The van der Waals surface area contributed by atoms with Crippen LogP contribution in [0.1, 0.15) is 51.5 Å². The zero-order valence-corrected chi connectivity index (χ0v) is 19.2. The number of aryl methyl sites for hydroxylation is 2. The molecule has 5 nitrogen and oxygen atoms in total. The SMILES string of the molecule is Cc1ccccc1[C@@H](NC(=O)c1ccc(C)c(N2CCCCS2(=O)=O)c1)c1ccccc1. The zero-order valence-electron chi connectivity index (χ0n) is 18.4. The molecule has 0 aliphatic carbocycles. The number of amides is 1. The molecule has 1 amide bonds. The molecule has 0 radical (unpaired) electrons. The molecule has 1 fully saturated rings. The number of nitrogens with one attached hydrogen (secondary N) is 1. The van der Waals surface area contributed by atoms with Crippen molar-refractivity contribution in [2.45, 2.75) is 32.7 Å². The summed E-state index contributed by atoms with van der Waals surface area (Å²) in [6.07, 6.45) is 1.49. The van der Waals surface area contributed by atoms with E-state index in [4.69, 9.17) is 0 Å². The summed E-state index contributed by atoms with van der Waals surface area (Å²) < 4.78 is 26.7. The van der Waals surface area contributed by atoms with Gasteiger partial charge in [0.1, 0.15) is 0 Å². The summed E-state index contributed by atoms with van der Waals surface area (Å²) >= 11 is 0. The fourth-order valence-corrected chi connectivity index (χ4v) is 5.88. The van der Waals surface area contributed by atoms with Gasteiger partial charge in [0.05, 0.1) is 17.5 Å². The molecule has 0 spiro atoms. The van der Waals surface area contributed by atoms with Crippen molar-refractivity contribution < 1.29 is 13.2 Å². The number of nitrogens with zero attached hydrogens (tertiary/aromatic N) is 1. The molecule has 6 heteroatoms. The Bertz CT molecular complexity index is 1220. The molecule has 3 aromatic carbocycles. The summed E-state index contributed by atoms with van der Waals surface area (Å²) in [5.74, 6) is -0.0931. The van der Waals surface area contributed by atoms with E-state index in [0.29, 0.717) is 24.2 Å². The quantitative estimate of drug-likeness (QED) is 0.612. The molecule has 0 aromatic heterocycles. The van der Waals surface area contributed by atoms with Crippen LogP contribution in [0.4, 0.5) is 5.69 Å². The van der Waals surface area contributed by atoms with Crippen LogP contribution in [0.3, 0.4) is 0 Å². The standard InChI is InChI=1S/C26H28N2O3S/c1-19-10-6-7-13-23(19)25(21-11-4-3-5-12-21)27-26(29)22-15-14-20(2)24(18-22)28-16-8-9-17-32(28,30)31/h3-7,10-15,18,25H,8-9,16-17H2,1-2H3,(H,27,29)/t25-/m0/s1. The second-order valence-electron chi connectivity index (χ2n) is 8.27. The van der Waals surface area contributed by atoms with E-state index in [1.165, 1.54) is 4.31 Å². The molecule has 1 N–H and O–H groups in total. The fourth-order valence-electron chi connectivity index (χ4n) is 4.19. The molecule has 1 aliphatic rings. The van der Waals surface area contributed by atoms with E-state index in [2.05, 4.69) is 5.32 Å². The fraction of sp³-hybridized carbons (Fsp3) is 0.269. The summed E-state index contributed by atoms with van der Waals surface area (Å²) in [6.45, 7) is 4.36. The third-order valence-corrected chi connectivity index (χ3v) is 7.85. The van der Waals surface area contributed by atoms with Crippen LogP contribution in [0.25, 0.3) is 0 Å². The first-order valence-corrected chi connectivity index (χ1v) is 12.5. The van der Waals surface area contributed by atoms with Gasteiger partial charge in [0.2, 0.25) is 10.0 Å². The van der Waals surface area contributed by atoms with Gasteiger partial charge in [0.15, 0.2) is 0 Å². The van der Waals surface area contributed by atoms with Crippen LogP contribution in [-0.2, 0) is 10.0 Å². The number of benzene rings is 3. The number of carbonyl (C=O) groups excluding carboxylic acids is 1. The van der Waals surface area contributed by atoms with E-state index >= 15 is 0 Å². The first kappa shape index (κ1) is 22.1. The lowest BCUT2D eigenvalue weighted by molar-refractivity contribution is 0.0943. The maximum Gasteiger partial charge on any atom is 0.252 e. The van der Waals surface area contributed by atoms with Crippen LogP contribution in [0.5, 0.6) is 0 Å². The highest BCUT2D eigenvalue weighted by Gasteiger charge is 2.28. The van der Waals surface area contributed by atoms with Gasteiger partial charge in [-0.25, -0.2) is 8.42 Å². The largest absolute Gasteiger partial charge is 0.341 e. The van der Waals surface area contributed by atoms with Crippen molar-refractivity contribution in [2.24, 2.45) is 0 Å². The van der Waals surface area contributed by atoms with Crippen molar-refractivity contribution in [1.82, 2.24) is 5.32 Å². The molecule has 1 saturated heterocycles. The summed E-state index contributed by atoms with van der Waals surface area (Å²) in [6, 6.07) is 22.8. The van der Waals surface area contributed by atoms with Gasteiger partial charge in [-0.2, -0.15) is 0 Å². The lowest BCUT2D eigenvalue weighted by Gasteiger charge is -2.30. The molecule has 32 heavy (non-hydrogen) atoms. The van der Waals surface area contributed by atoms with Crippen LogP contribution >= 0.6 is 0 Å². The van der Waals surface area contributed by atoms with Crippen LogP contribution in [0, 0.1) is 13.8 Å². The highest BCUT2D eigenvalue weighted by atomic mass is 32.2. The second kappa shape index (κ2) is 9.17. The number of anilines is 1. The molecule has 1 atom stereocenters. The Kier molecular flexibility index (Phi) is 6.33. The van der Waals surface area contributed by atoms with Gasteiger partial charge in [-0.15, -0.1) is 0 Å². The summed E-state index contributed by atoms with van der Waals surface area (Å²) in [5.41, 5.74) is 4.97. The third-order valence-electron chi connectivity index (χ3n) is 6.00. The third kappa shape index (κ3) is 4.55. The average Bonchev–Trinajstić information content (AvgIpc) is 2.79. The average molecular weight is 449 g/mol. The zero-order chi connectivity index (χ0) is 22.7. The highest BCUT2D eigenvalue weighted by Crippen LogP contribution is 2.29. The molecule has 0 unspecified atom stereocenters. The van der Waals surface area contributed by atoms with Gasteiger partial charge >= 0.3 is 0 Å². The van der Waals surface area contributed by atoms with Crippen molar-refractivity contribution in [3.63, 3.8) is 0 Å². The predicted molar refractivity (Wildman–Crippen MR) is 128 cm³/mol. The molecule has 0 bridgehead atoms. The van der Waals surface area contributed by atoms with Gasteiger partial charge in [-0.3, -0.25) is 9.10 Å². The van der Waals surface area contributed by atoms with E-state index in [-0.39, 0.29) is 17.7 Å². The Hall–Kier alpha value is -3.12. The van der Waals surface area contributed by atoms with Crippen LogP contribution < -0.4 is 9.62 Å². The Morgan fingerprint density at radius 3 is 2.34 bits per heavy atom. The Balaban J connectivity index is 1.68. The monoisotopic (exact) mass is 448 g/mol. The molecule has 4 rings (SSSR count). The Labute approximate surface area is 190 Å². The van der Waals surface area contributed by atoms with E-state index in [0.717, 1.165) is 28.7 Å². The maximum atomic E-state index is 13.3. The van der Waals surface area contributed by atoms with Gasteiger partial charge in [-0.1, -0.05) is 60.7 Å². The Morgan fingerprint density at radius 2 is 1.62 bits per heavy atom. The normalized spacial score (nSPS) is 16.4. The lowest BCUT2D eigenvalue weighted by Crippen LogP contribution is -2.38. The van der Waals surface area contributed by atoms with Crippen LogP contribution in [0.15, 0.2) is 72.8 Å².